The summed E-state index contributed by atoms with van der Waals surface area (Å²) in [5, 5.41) is 3.39. The Morgan fingerprint density at radius 1 is 1.53 bits per heavy atom. The number of nitrogens with one attached hydrogen (secondary N) is 1. The molecule has 4 heteroatoms. The number of aromatic nitrogens is 2. The van der Waals surface area contributed by atoms with Crippen LogP contribution in [-0.2, 0) is 0 Å². The van der Waals surface area contributed by atoms with Gasteiger partial charge in [0.2, 0.25) is 0 Å². The lowest BCUT2D eigenvalue weighted by Crippen LogP contribution is -2.09. The van der Waals surface area contributed by atoms with Crippen LogP contribution in [0.15, 0.2) is 29.0 Å². The molecule has 0 spiro atoms. The molecule has 0 aliphatic carbocycles. The fourth-order valence-electron chi connectivity index (χ4n) is 2.20. The zero-order chi connectivity index (χ0) is 10.3. The van der Waals surface area contributed by atoms with Gasteiger partial charge in [-0.2, -0.15) is 0 Å². The second-order valence-electron chi connectivity index (χ2n) is 3.92. The Balaban J connectivity index is 2.15. The van der Waals surface area contributed by atoms with Gasteiger partial charge in [-0.25, -0.2) is 4.98 Å². The molecule has 1 unspecified atom stereocenters. The highest BCUT2D eigenvalue weighted by atomic mass is 79.9. The average molecular weight is 266 g/mol. The lowest BCUT2D eigenvalue weighted by Gasteiger charge is -2.07. The molecule has 1 aliphatic rings. The van der Waals surface area contributed by atoms with Crippen LogP contribution in [0.5, 0.6) is 0 Å². The first-order valence-corrected chi connectivity index (χ1v) is 5.98. The van der Waals surface area contributed by atoms with Crippen molar-refractivity contribution in [1.82, 2.24) is 14.7 Å². The van der Waals surface area contributed by atoms with Crippen LogP contribution in [0.2, 0.25) is 0 Å². The predicted molar refractivity (Wildman–Crippen MR) is 63.1 cm³/mol. The highest BCUT2D eigenvalue weighted by Gasteiger charge is 2.20. The van der Waals surface area contributed by atoms with E-state index in [2.05, 4.69) is 36.8 Å². The van der Waals surface area contributed by atoms with Gasteiger partial charge in [-0.05, 0) is 41.0 Å². The van der Waals surface area contributed by atoms with Crippen molar-refractivity contribution in [2.45, 2.75) is 12.3 Å². The van der Waals surface area contributed by atoms with E-state index in [1.807, 2.05) is 18.3 Å². The SMILES string of the molecule is Brc1cccn2c(C3CCNC3)cnc12. The van der Waals surface area contributed by atoms with Crippen LogP contribution < -0.4 is 5.32 Å². The molecule has 0 bridgehead atoms. The number of hydrogen-bond donors (Lipinski definition) is 1. The number of rotatable bonds is 1. The standard InChI is InChI=1S/C11H12BrN3/c12-9-2-1-5-15-10(7-14-11(9)15)8-3-4-13-6-8/h1-2,5,7-8,13H,3-4,6H2. The minimum Gasteiger partial charge on any atom is -0.316 e. The van der Waals surface area contributed by atoms with Crippen LogP contribution >= 0.6 is 15.9 Å². The molecule has 0 radical (unpaired) electrons. The highest BCUT2D eigenvalue weighted by Crippen LogP contribution is 2.25. The van der Waals surface area contributed by atoms with Gasteiger partial charge in [-0.15, -0.1) is 0 Å². The number of pyridine rings is 1. The molecule has 15 heavy (non-hydrogen) atoms. The summed E-state index contributed by atoms with van der Waals surface area (Å²) in [7, 11) is 0. The molecule has 0 amide bonds. The molecule has 1 saturated heterocycles. The average Bonchev–Trinajstić information content (AvgIpc) is 2.85. The molecule has 3 rings (SSSR count). The van der Waals surface area contributed by atoms with Crippen LogP contribution in [0.1, 0.15) is 18.0 Å². The Labute approximate surface area is 96.6 Å². The second-order valence-corrected chi connectivity index (χ2v) is 4.78. The smallest absolute Gasteiger partial charge is 0.151 e. The molecule has 1 fully saturated rings. The van der Waals surface area contributed by atoms with Crippen LogP contribution in [0, 0.1) is 0 Å². The van der Waals surface area contributed by atoms with Gasteiger partial charge < -0.3 is 9.72 Å². The van der Waals surface area contributed by atoms with Crippen LogP contribution in [0.25, 0.3) is 5.65 Å². The molecule has 0 saturated carbocycles. The van der Waals surface area contributed by atoms with Gasteiger partial charge in [0, 0.05) is 30.6 Å². The quantitative estimate of drug-likeness (QED) is 0.857. The third-order valence-electron chi connectivity index (χ3n) is 3.00. The van der Waals surface area contributed by atoms with Crippen molar-refractivity contribution in [3.63, 3.8) is 0 Å². The van der Waals surface area contributed by atoms with Gasteiger partial charge >= 0.3 is 0 Å². The summed E-state index contributed by atoms with van der Waals surface area (Å²) in [5.41, 5.74) is 2.33. The molecule has 2 aromatic rings. The summed E-state index contributed by atoms with van der Waals surface area (Å²) >= 11 is 3.52. The van der Waals surface area contributed by atoms with E-state index in [1.54, 1.807) is 0 Å². The summed E-state index contributed by atoms with van der Waals surface area (Å²) in [6.45, 7) is 2.19. The van der Waals surface area contributed by atoms with E-state index >= 15 is 0 Å². The van der Waals surface area contributed by atoms with Crippen molar-refractivity contribution in [3.8, 4) is 0 Å². The van der Waals surface area contributed by atoms with Crippen molar-refractivity contribution in [2.24, 2.45) is 0 Å². The summed E-state index contributed by atoms with van der Waals surface area (Å²) in [6, 6.07) is 4.07. The van der Waals surface area contributed by atoms with E-state index in [0.29, 0.717) is 5.92 Å². The zero-order valence-electron chi connectivity index (χ0n) is 8.28. The van der Waals surface area contributed by atoms with E-state index in [9.17, 15) is 0 Å². The van der Waals surface area contributed by atoms with Gasteiger partial charge in [0.15, 0.2) is 5.65 Å². The maximum Gasteiger partial charge on any atom is 0.151 e. The molecule has 78 valence electrons. The first-order chi connectivity index (χ1) is 7.36. The van der Waals surface area contributed by atoms with Crippen molar-refractivity contribution in [2.75, 3.05) is 13.1 Å². The van der Waals surface area contributed by atoms with Gasteiger partial charge in [0.1, 0.15) is 0 Å². The fourth-order valence-corrected chi connectivity index (χ4v) is 2.65. The predicted octanol–water partition coefficient (Wildman–Crippen LogP) is 2.17. The summed E-state index contributed by atoms with van der Waals surface area (Å²) in [6.07, 6.45) is 5.29. The van der Waals surface area contributed by atoms with Crippen LogP contribution in [0.3, 0.4) is 0 Å². The number of nitrogens with zero attached hydrogens (tertiary/aromatic N) is 2. The first kappa shape index (κ1) is 9.36. The molecular formula is C11H12BrN3. The highest BCUT2D eigenvalue weighted by molar-refractivity contribution is 9.10. The summed E-state index contributed by atoms with van der Waals surface area (Å²) in [4.78, 5) is 4.45. The Morgan fingerprint density at radius 3 is 3.27 bits per heavy atom. The van der Waals surface area contributed by atoms with Gasteiger partial charge in [-0.1, -0.05) is 0 Å². The van der Waals surface area contributed by atoms with Crippen molar-refractivity contribution < 1.29 is 0 Å². The molecule has 1 aliphatic heterocycles. The van der Waals surface area contributed by atoms with E-state index < -0.39 is 0 Å². The topological polar surface area (TPSA) is 29.3 Å². The second kappa shape index (κ2) is 3.61. The van der Waals surface area contributed by atoms with E-state index in [-0.39, 0.29) is 0 Å². The Kier molecular flexibility index (Phi) is 2.25. The maximum atomic E-state index is 4.45. The van der Waals surface area contributed by atoms with Gasteiger partial charge in [0.05, 0.1) is 4.47 Å². The van der Waals surface area contributed by atoms with Crippen molar-refractivity contribution in [3.05, 3.63) is 34.7 Å². The monoisotopic (exact) mass is 265 g/mol. The molecule has 1 N–H and O–H groups in total. The number of imidazole rings is 1. The minimum absolute atomic E-state index is 0.606. The van der Waals surface area contributed by atoms with E-state index in [4.69, 9.17) is 0 Å². The lowest BCUT2D eigenvalue weighted by atomic mass is 10.1. The first-order valence-electron chi connectivity index (χ1n) is 5.18. The summed E-state index contributed by atoms with van der Waals surface area (Å²) < 4.78 is 3.24. The van der Waals surface area contributed by atoms with Crippen molar-refractivity contribution in [1.29, 1.82) is 0 Å². The molecular weight excluding hydrogens is 254 g/mol. The summed E-state index contributed by atoms with van der Waals surface area (Å²) in [5.74, 6) is 0.606. The minimum atomic E-state index is 0.606. The van der Waals surface area contributed by atoms with Crippen molar-refractivity contribution >= 4 is 21.6 Å². The van der Waals surface area contributed by atoms with E-state index in [1.165, 1.54) is 12.1 Å². The Bertz CT molecular complexity index is 486. The number of halogens is 1. The fraction of sp³-hybridized carbons (Fsp3) is 0.364. The van der Waals surface area contributed by atoms with E-state index in [0.717, 1.165) is 23.2 Å². The molecule has 3 nitrogen and oxygen atoms in total. The number of hydrogen-bond acceptors (Lipinski definition) is 2. The largest absolute Gasteiger partial charge is 0.316 e. The molecule has 3 heterocycles. The van der Waals surface area contributed by atoms with Gasteiger partial charge in [0.25, 0.3) is 0 Å². The lowest BCUT2D eigenvalue weighted by molar-refractivity contribution is 0.726. The Morgan fingerprint density at radius 2 is 2.47 bits per heavy atom. The zero-order valence-corrected chi connectivity index (χ0v) is 9.87. The maximum absolute atomic E-state index is 4.45. The van der Waals surface area contributed by atoms with Crippen LogP contribution in [0.4, 0.5) is 0 Å². The van der Waals surface area contributed by atoms with Gasteiger partial charge in [-0.3, -0.25) is 0 Å². The third-order valence-corrected chi connectivity index (χ3v) is 3.61. The number of fused-ring (bicyclic) bond motifs is 1. The molecule has 1 atom stereocenters. The van der Waals surface area contributed by atoms with Crippen LogP contribution in [-0.4, -0.2) is 22.5 Å². The third kappa shape index (κ3) is 1.48. The normalized spacial score (nSPS) is 21.3. The molecule has 2 aromatic heterocycles. The molecule has 0 aromatic carbocycles. The Hall–Kier alpha value is -0.870.